The van der Waals surface area contributed by atoms with Crippen LogP contribution in [0.15, 0.2) is 64.5 Å². The van der Waals surface area contributed by atoms with Crippen molar-refractivity contribution in [3.8, 4) is 16.9 Å². The van der Waals surface area contributed by atoms with E-state index in [0.29, 0.717) is 5.16 Å². The highest BCUT2D eigenvalue weighted by Gasteiger charge is 2.43. The normalized spacial score (nSPS) is 15.7. The summed E-state index contributed by atoms with van der Waals surface area (Å²) in [4.78, 5) is 34.8. The fourth-order valence-corrected chi connectivity index (χ4v) is 7.12. The molecule has 1 fully saturated rings. The average molecular weight is 516 g/mol. The molecule has 0 aliphatic heterocycles. The first-order valence-corrected chi connectivity index (χ1v) is 14.8. The lowest BCUT2D eigenvalue weighted by Gasteiger charge is -2.42. The largest absolute Gasteiger partial charge is 0.342 e. The van der Waals surface area contributed by atoms with Crippen LogP contribution in [-0.2, 0) is 16.6 Å². The number of carbonyl (C=O) groups excluding carboxylic acids is 1. The van der Waals surface area contributed by atoms with Crippen LogP contribution >= 0.6 is 11.8 Å². The Morgan fingerprint density at radius 3 is 2.35 bits per heavy atom. The maximum absolute atomic E-state index is 14.5. The average Bonchev–Trinajstić information content (AvgIpc) is 2.92. The molecule has 0 N–H and O–H groups in total. The Morgan fingerprint density at radius 1 is 0.973 bits per heavy atom. The van der Waals surface area contributed by atoms with Crippen LogP contribution in [0, 0.1) is 0 Å². The number of carbonyl (C=O) groups is 1. The van der Waals surface area contributed by atoms with Crippen molar-refractivity contribution in [1.29, 1.82) is 0 Å². The van der Waals surface area contributed by atoms with Gasteiger partial charge in [-0.3, -0.25) is 14.2 Å². The van der Waals surface area contributed by atoms with Crippen LogP contribution in [0.4, 0.5) is 0 Å². The summed E-state index contributed by atoms with van der Waals surface area (Å²) in [6.07, 6.45) is 8.31. The molecule has 0 bridgehead atoms. The lowest BCUT2D eigenvalue weighted by Crippen LogP contribution is -2.43. The van der Waals surface area contributed by atoms with Crippen molar-refractivity contribution in [3.63, 3.8) is 0 Å². The van der Waals surface area contributed by atoms with E-state index in [4.69, 9.17) is 4.98 Å². The molecule has 2 aromatic carbocycles. The lowest BCUT2D eigenvalue weighted by atomic mass is 9.62. The van der Waals surface area contributed by atoms with Gasteiger partial charge < -0.3 is 4.90 Å². The summed E-state index contributed by atoms with van der Waals surface area (Å²) in [7, 11) is 0. The third kappa shape index (κ3) is 5.00. The number of hydrogen-bond donors (Lipinski definition) is 0. The summed E-state index contributed by atoms with van der Waals surface area (Å²) in [5, 5.41) is 0.596. The molecule has 1 aromatic heterocycles. The van der Waals surface area contributed by atoms with Gasteiger partial charge >= 0.3 is 0 Å². The second-order valence-electron chi connectivity index (χ2n) is 10.4. The molecule has 0 saturated heterocycles. The Balaban J connectivity index is 1.65. The third-order valence-corrected chi connectivity index (χ3v) is 8.80. The quantitative estimate of drug-likeness (QED) is 0.257. The lowest BCUT2D eigenvalue weighted by molar-refractivity contribution is -0.128. The molecular formula is C31H37N3O2S. The molecule has 0 radical (unpaired) electrons. The van der Waals surface area contributed by atoms with E-state index in [0.717, 1.165) is 80.5 Å². The Bertz CT molecular complexity index is 1310. The number of fused-ring (bicyclic) bond motifs is 4. The maximum atomic E-state index is 14.5. The number of hydrogen-bond acceptors (Lipinski definition) is 4. The molecule has 1 amide bonds. The van der Waals surface area contributed by atoms with Crippen molar-refractivity contribution in [1.82, 2.24) is 14.5 Å². The first-order chi connectivity index (χ1) is 18.1. The molecule has 194 valence electrons. The number of thioether (sulfide) groups is 1. The van der Waals surface area contributed by atoms with E-state index in [2.05, 4.69) is 32.0 Å². The maximum Gasteiger partial charge on any atom is 0.263 e. The van der Waals surface area contributed by atoms with E-state index in [9.17, 15) is 9.59 Å². The molecule has 0 atom stereocenters. The van der Waals surface area contributed by atoms with Gasteiger partial charge in [0.1, 0.15) is 0 Å². The first-order valence-electron chi connectivity index (χ1n) is 13.8. The topological polar surface area (TPSA) is 55.2 Å². The second kappa shape index (κ2) is 11.3. The van der Waals surface area contributed by atoms with Gasteiger partial charge in [0.2, 0.25) is 5.91 Å². The van der Waals surface area contributed by atoms with Gasteiger partial charge in [-0.1, -0.05) is 87.3 Å². The zero-order valence-corrected chi connectivity index (χ0v) is 22.9. The molecule has 5 rings (SSSR count). The molecule has 37 heavy (non-hydrogen) atoms. The fraction of sp³-hybridized carbons (Fsp3) is 0.452. The van der Waals surface area contributed by atoms with Crippen LogP contribution < -0.4 is 5.56 Å². The minimum absolute atomic E-state index is 0.0292. The van der Waals surface area contributed by atoms with Gasteiger partial charge in [-0.05, 0) is 49.8 Å². The Labute approximate surface area is 224 Å². The van der Waals surface area contributed by atoms with Gasteiger partial charge in [-0.15, -0.1) is 0 Å². The highest BCUT2D eigenvalue weighted by atomic mass is 32.2. The molecule has 1 spiro atoms. The number of benzene rings is 2. The molecule has 5 nitrogen and oxygen atoms in total. The number of nitrogens with zero attached hydrogens (tertiary/aromatic N) is 3. The first kappa shape index (κ1) is 25.8. The predicted molar refractivity (Wildman–Crippen MR) is 152 cm³/mol. The van der Waals surface area contributed by atoms with Gasteiger partial charge in [0, 0.05) is 24.1 Å². The van der Waals surface area contributed by atoms with Crippen molar-refractivity contribution in [3.05, 3.63) is 76.1 Å². The number of amides is 1. The number of para-hydroxylation sites is 1. The molecule has 2 aliphatic carbocycles. The minimum atomic E-state index is -0.166. The van der Waals surface area contributed by atoms with Gasteiger partial charge in [0.25, 0.3) is 5.56 Å². The van der Waals surface area contributed by atoms with Crippen molar-refractivity contribution < 1.29 is 4.79 Å². The minimum Gasteiger partial charge on any atom is -0.342 e. The molecule has 1 heterocycles. The molecule has 6 heteroatoms. The number of rotatable bonds is 8. The highest BCUT2D eigenvalue weighted by molar-refractivity contribution is 7.99. The summed E-state index contributed by atoms with van der Waals surface area (Å²) in [6.45, 7) is 5.71. The van der Waals surface area contributed by atoms with Gasteiger partial charge in [-0.2, -0.15) is 0 Å². The summed E-state index contributed by atoms with van der Waals surface area (Å²) < 4.78 is 1.77. The van der Waals surface area contributed by atoms with Crippen molar-refractivity contribution in [2.75, 3.05) is 18.8 Å². The van der Waals surface area contributed by atoms with E-state index < -0.39 is 0 Å². The van der Waals surface area contributed by atoms with Crippen LogP contribution in [0.1, 0.15) is 69.9 Å². The van der Waals surface area contributed by atoms with Crippen LogP contribution in [0.25, 0.3) is 16.9 Å². The van der Waals surface area contributed by atoms with Gasteiger partial charge in [0.15, 0.2) is 5.16 Å². The smallest absolute Gasteiger partial charge is 0.263 e. The summed E-state index contributed by atoms with van der Waals surface area (Å²) in [6, 6.07) is 18.2. The van der Waals surface area contributed by atoms with Crippen molar-refractivity contribution in [2.45, 2.75) is 75.8 Å². The Kier molecular flexibility index (Phi) is 7.84. The zero-order valence-electron chi connectivity index (χ0n) is 22.0. The molecular weight excluding hydrogens is 478 g/mol. The van der Waals surface area contributed by atoms with Crippen LogP contribution in [-0.4, -0.2) is 39.2 Å². The van der Waals surface area contributed by atoms with Crippen molar-refractivity contribution in [2.24, 2.45) is 0 Å². The van der Waals surface area contributed by atoms with E-state index in [-0.39, 0.29) is 22.6 Å². The van der Waals surface area contributed by atoms with Crippen LogP contribution in [0.3, 0.4) is 0 Å². The Morgan fingerprint density at radius 2 is 1.65 bits per heavy atom. The molecule has 0 unspecified atom stereocenters. The molecule has 2 aliphatic rings. The molecule has 3 aromatic rings. The van der Waals surface area contributed by atoms with Crippen LogP contribution in [0.2, 0.25) is 0 Å². The second-order valence-corrected chi connectivity index (χ2v) is 11.4. The highest BCUT2D eigenvalue weighted by Crippen LogP contribution is 2.49. The predicted octanol–water partition coefficient (Wildman–Crippen LogP) is 6.40. The standard InChI is InChI=1S/C31H37N3O2S/c1-3-19-33(20-4-2)26(35)22-37-30-32-28-25-16-10-9-13-23(25)21-31(17-11-6-12-18-31)27(28)29(36)34(30)24-14-7-5-8-15-24/h5,7-10,13-16H,3-4,6,11-12,17-22H2,1-2H3. The summed E-state index contributed by atoms with van der Waals surface area (Å²) in [5.74, 6) is 0.370. The van der Waals surface area contributed by atoms with E-state index >= 15 is 0 Å². The van der Waals surface area contributed by atoms with Crippen LogP contribution in [0.5, 0.6) is 0 Å². The zero-order chi connectivity index (χ0) is 25.8. The monoisotopic (exact) mass is 515 g/mol. The molecule has 1 saturated carbocycles. The SMILES string of the molecule is CCCN(CCC)C(=O)CSc1nc2c(c(=O)n1-c1ccccc1)C1(CCCCC1)Cc1ccccc1-2. The number of aromatic nitrogens is 2. The Hall–Kier alpha value is -2.86. The van der Waals surface area contributed by atoms with E-state index in [1.807, 2.05) is 41.3 Å². The summed E-state index contributed by atoms with van der Waals surface area (Å²) >= 11 is 1.39. The summed E-state index contributed by atoms with van der Waals surface area (Å²) in [5.41, 5.74) is 4.73. The van der Waals surface area contributed by atoms with E-state index in [1.165, 1.54) is 23.7 Å². The fourth-order valence-electron chi connectivity index (χ4n) is 6.21. The van der Waals surface area contributed by atoms with E-state index in [1.54, 1.807) is 4.57 Å². The van der Waals surface area contributed by atoms with Gasteiger partial charge in [-0.25, -0.2) is 4.98 Å². The third-order valence-electron chi connectivity index (χ3n) is 7.87. The van der Waals surface area contributed by atoms with Crippen molar-refractivity contribution >= 4 is 17.7 Å². The van der Waals surface area contributed by atoms with Gasteiger partial charge in [0.05, 0.1) is 22.7 Å².